The molecule has 54 heavy (non-hydrogen) atoms. The zero-order chi connectivity index (χ0) is 40.0. The van der Waals surface area contributed by atoms with Crippen LogP contribution >= 0.6 is 7.82 Å². The molecule has 0 aromatic rings. The van der Waals surface area contributed by atoms with Crippen LogP contribution < -0.4 is 5.32 Å². The zero-order valence-electron chi connectivity index (χ0n) is 36.2. The van der Waals surface area contributed by atoms with Crippen LogP contribution in [0.25, 0.3) is 0 Å². The van der Waals surface area contributed by atoms with Gasteiger partial charge in [0.2, 0.25) is 5.91 Å². The van der Waals surface area contributed by atoms with Crippen LogP contribution in [0.5, 0.6) is 0 Å². The molecule has 0 spiro atoms. The van der Waals surface area contributed by atoms with E-state index in [1.165, 1.54) is 116 Å². The average molecular weight is 786 g/mol. The molecule has 1 amide bonds. The van der Waals surface area contributed by atoms with Crippen molar-refractivity contribution in [1.29, 1.82) is 0 Å². The molecular weight excluding hydrogens is 695 g/mol. The number of hydrogen-bond acceptors (Lipinski definition) is 5. The minimum Gasteiger partial charge on any atom is -0.391 e. The number of phosphoric ester groups is 1. The van der Waals surface area contributed by atoms with Crippen molar-refractivity contribution in [2.45, 2.75) is 219 Å². The van der Waals surface area contributed by atoms with Gasteiger partial charge in [-0.2, -0.15) is 0 Å². The third-order valence-electron chi connectivity index (χ3n) is 10.2. The summed E-state index contributed by atoms with van der Waals surface area (Å²) >= 11 is 0. The van der Waals surface area contributed by atoms with Crippen LogP contribution in [0.15, 0.2) is 24.3 Å². The first-order valence-corrected chi connectivity index (χ1v) is 24.2. The number of allylic oxidation sites excluding steroid dienone is 4. The van der Waals surface area contributed by atoms with Gasteiger partial charge >= 0.3 is 7.82 Å². The van der Waals surface area contributed by atoms with Crippen molar-refractivity contribution >= 4 is 13.7 Å². The summed E-state index contributed by atoms with van der Waals surface area (Å²) in [5, 5.41) is 14.0. The lowest BCUT2D eigenvalue weighted by Gasteiger charge is -2.26. The van der Waals surface area contributed by atoms with Gasteiger partial charge in [0.15, 0.2) is 0 Å². The summed E-state index contributed by atoms with van der Waals surface area (Å²) in [5.41, 5.74) is 0. The van der Waals surface area contributed by atoms with Gasteiger partial charge in [-0.25, -0.2) is 4.57 Å². The van der Waals surface area contributed by atoms with Crippen molar-refractivity contribution in [2.75, 3.05) is 40.9 Å². The number of nitrogens with one attached hydrogen (secondary N) is 1. The number of hydrogen-bond donors (Lipinski definition) is 3. The van der Waals surface area contributed by atoms with Crippen molar-refractivity contribution in [3.63, 3.8) is 0 Å². The summed E-state index contributed by atoms with van der Waals surface area (Å²) in [6, 6.07) is -0.765. The molecule has 3 N–H and O–H groups in total. The lowest BCUT2D eigenvalue weighted by atomic mass is 10.0. The Kier molecular flexibility index (Phi) is 36.8. The molecule has 0 heterocycles. The monoisotopic (exact) mass is 786 g/mol. The third-order valence-corrected chi connectivity index (χ3v) is 11.2. The minimum absolute atomic E-state index is 0.0723. The minimum atomic E-state index is -4.31. The molecule has 8 nitrogen and oxygen atoms in total. The van der Waals surface area contributed by atoms with Crippen molar-refractivity contribution < 1.29 is 32.9 Å². The maximum Gasteiger partial charge on any atom is 0.472 e. The molecule has 0 aliphatic heterocycles. The van der Waals surface area contributed by atoms with Crippen molar-refractivity contribution in [1.82, 2.24) is 5.32 Å². The Balaban J connectivity index is 4.35. The maximum atomic E-state index is 12.9. The van der Waals surface area contributed by atoms with Crippen LogP contribution in [0.1, 0.15) is 206 Å². The smallest absolute Gasteiger partial charge is 0.391 e. The number of amides is 1. The van der Waals surface area contributed by atoms with Crippen molar-refractivity contribution in [3.8, 4) is 0 Å². The Labute approximate surface area is 334 Å². The van der Waals surface area contributed by atoms with Gasteiger partial charge in [0.05, 0.1) is 39.9 Å². The average Bonchev–Trinajstić information content (AvgIpc) is 3.12. The highest BCUT2D eigenvalue weighted by molar-refractivity contribution is 7.47. The van der Waals surface area contributed by atoms with E-state index in [2.05, 4.69) is 43.5 Å². The molecular formula is C45H90N2O6P+. The molecule has 0 aromatic heterocycles. The van der Waals surface area contributed by atoms with Gasteiger partial charge in [0.25, 0.3) is 0 Å². The Morgan fingerprint density at radius 2 is 1.07 bits per heavy atom. The van der Waals surface area contributed by atoms with Gasteiger partial charge in [-0.3, -0.25) is 13.8 Å². The Morgan fingerprint density at radius 3 is 1.57 bits per heavy atom. The first kappa shape index (κ1) is 53.0. The van der Waals surface area contributed by atoms with E-state index in [9.17, 15) is 19.4 Å². The SMILES string of the molecule is CCCC/C=C\C/C=C\CCCCCCCC(=O)NC(COP(=O)(O)OCC[N+](C)(C)C)C(O)CCCCCCCCCCCCCCCCCCCC. The fraction of sp³-hybridized carbons (Fsp3) is 0.889. The van der Waals surface area contributed by atoms with Crippen LogP contribution in [0, 0.1) is 0 Å². The van der Waals surface area contributed by atoms with Gasteiger partial charge < -0.3 is 19.8 Å². The number of aliphatic hydroxyl groups is 1. The van der Waals surface area contributed by atoms with Gasteiger partial charge in [0.1, 0.15) is 13.2 Å². The molecule has 0 saturated carbocycles. The van der Waals surface area contributed by atoms with Gasteiger partial charge in [0, 0.05) is 6.42 Å². The number of unbranched alkanes of at least 4 members (excludes halogenated alkanes) is 24. The molecule has 0 aliphatic rings. The summed E-state index contributed by atoms with van der Waals surface area (Å²) in [4.78, 5) is 23.1. The highest BCUT2D eigenvalue weighted by Gasteiger charge is 2.28. The van der Waals surface area contributed by atoms with E-state index >= 15 is 0 Å². The molecule has 0 aromatic carbocycles. The number of carbonyl (C=O) groups is 1. The van der Waals surface area contributed by atoms with Crippen LogP contribution in [0.4, 0.5) is 0 Å². The Morgan fingerprint density at radius 1 is 0.630 bits per heavy atom. The van der Waals surface area contributed by atoms with Crippen LogP contribution in [-0.2, 0) is 18.4 Å². The highest BCUT2D eigenvalue weighted by atomic mass is 31.2. The first-order valence-electron chi connectivity index (χ1n) is 22.7. The lowest BCUT2D eigenvalue weighted by molar-refractivity contribution is -0.870. The second kappa shape index (κ2) is 37.6. The molecule has 0 fully saturated rings. The molecule has 0 radical (unpaired) electrons. The molecule has 3 atom stereocenters. The molecule has 0 bridgehead atoms. The number of carbonyl (C=O) groups excluding carboxylic acids is 1. The summed E-state index contributed by atoms with van der Waals surface area (Å²) in [6.07, 6.45) is 43.4. The van der Waals surface area contributed by atoms with Crippen molar-refractivity contribution in [2.24, 2.45) is 0 Å². The summed E-state index contributed by atoms with van der Waals surface area (Å²) < 4.78 is 23.6. The molecule has 0 saturated heterocycles. The fourth-order valence-corrected chi connectivity index (χ4v) is 7.27. The number of nitrogens with zero attached hydrogens (tertiary/aromatic N) is 1. The van der Waals surface area contributed by atoms with E-state index in [1.54, 1.807) is 0 Å². The standard InChI is InChI=1S/C45H89N2O6P/c1-6-8-10-12-14-16-18-20-22-23-24-25-26-28-30-32-34-36-38-44(48)43(42-53-54(50,51)52-41-40-47(3,4)5)46-45(49)39-37-35-33-31-29-27-21-19-17-15-13-11-9-7-2/h13,15,19,21,43-44,48H,6-12,14,16-18,20,22-42H2,1-5H3,(H-,46,49,50,51)/p+1/b15-13-,21-19-. The molecule has 320 valence electrons. The van der Waals surface area contributed by atoms with Crippen LogP contribution in [0.2, 0.25) is 0 Å². The summed E-state index contributed by atoms with van der Waals surface area (Å²) in [5.74, 6) is -0.158. The second-order valence-electron chi connectivity index (χ2n) is 16.8. The molecule has 0 aliphatic carbocycles. The van der Waals surface area contributed by atoms with Crippen LogP contribution in [-0.4, -0.2) is 73.4 Å². The summed E-state index contributed by atoms with van der Waals surface area (Å²) in [7, 11) is 1.61. The Hall–Kier alpha value is -1.02. The van der Waals surface area contributed by atoms with Gasteiger partial charge in [-0.05, 0) is 38.5 Å². The topological polar surface area (TPSA) is 105 Å². The summed E-state index contributed by atoms with van der Waals surface area (Å²) in [6.45, 7) is 4.84. The Bertz CT molecular complexity index is 938. The van der Waals surface area contributed by atoms with Gasteiger partial charge in [-0.1, -0.05) is 186 Å². The predicted octanol–water partition coefficient (Wildman–Crippen LogP) is 12.5. The third kappa shape index (κ3) is 39.2. The first-order chi connectivity index (χ1) is 26.0. The number of quaternary nitrogens is 1. The molecule has 3 unspecified atom stereocenters. The van der Waals surface area contributed by atoms with Crippen LogP contribution in [0.3, 0.4) is 0 Å². The molecule has 0 rings (SSSR count). The fourth-order valence-electron chi connectivity index (χ4n) is 6.53. The van der Waals surface area contributed by atoms with E-state index in [0.29, 0.717) is 23.9 Å². The van der Waals surface area contributed by atoms with E-state index in [4.69, 9.17) is 9.05 Å². The number of aliphatic hydroxyl groups excluding tert-OH is 1. The maximum absolute atomic E-state index is 12.9. The van der Waals surface area contributed by atoms with E-state index in [1.807, 2.05) is 21.1 Å². The van der Waals surface area contributed by atoms with Gasteiger partial charge in [-0.15, -0.1) is 0 Å². The van der Waals surface area contributed by atoms with E-state index < -0.39 is 20.0 Å². The second-order valence-corrected chi connectivity index (χ2v) is 18.2. The zero-order valence-corrected chi connectivity index (χ0v) is 37.1. The number of likely N-dealkylation sites (N-methyl/N-ethyl adjacent to an activating group) is 1. The molecule has 9 heteroatoms. The number of rotatable bonds is 41. The predicted molar refractivity (Wildman–Crippen MR) is 231 cm³/mol. The van der Waals surface area contributed by atoms with Crippen molar-refractivity contribution in [3.05, 3.63) is 24.3 Å². The lowest BCUT2D eigenvalue weighted by Crippen LogP contribution is -2.46. The number of phosphoric acid groups is 1. The highest BCUT2D eigenvalue weighted by Crippen LogP contribution is 2.43. The van der Waals surface area contributed by atoms with E-state index in [0.717, 1.165) is 64.2 Å². The quantitative estimate of drug-likeness (QED) is 0.0247. The van der Waals surface area contributed by atoms with E-state index in [-0.39, 0.29) is 19.1 Å². The largest absolute Gasteiger partial charge is 0.472 e. The normalized spacial score (nSPS) is 14.6.